The molecule has 0 bridgehead atoms. The third-order valence-electron chi connectivity index (χ3n) is 4.92. The highest BCUT2D eigenvalue weighted by atomic mass is 127. The molecule has 9 nitrogen and oxygen atoms in total. The summed E-state index contributed by atoms with van der Waals surface area (Å²) in [5.74, 6) is -1.09. The Balaban J connectivity index is 2.02. The van der Waals surface area contributed by atoms with Crippen molar-refractivity contribution in [1.29, 1.82) is 0 Å². The van der Waals surface area contributed by atoms with Gasteiger partial charge in [-0.15, -0.1) is 0 Å². The van der Waals surface area contributed by atoms with E-state index in [4.69, 9.17) is 9.47 Å². The molecule has 3 N–H and O–H groups in total. The van der Waals surface area contributed by atoms with E-state index in [1.54, 1.807) is 19.1 Å². The lowest BCUT2D eigenvalue weighted by molar-refractivity contribution is -0.139. The number of hydrazone groups is 1. The number of para-hydroxylation sites is 1. The van der Waals surface area contributed by atoms with Gasteiger partial charge in [0.1, 0.15) is 0 Å². The van der Waals surface area contributed by atoms with Gasteiger partial charge in [0.05, 0.1) is 16.9 Å². The normalized spacial score (nSPS) is 11.6. The second-order valence-electron chi connectivity index (χ2n) is 7.62. The molecular weight excluding hydrogens is 551 g/mol. The number of benzene rings is 2. The standard InChI is InChI=1S/C24H29IN4O5/c1-6-16(4)27-23(31)24(32)29-26-12-17-10-18(25)22(19(11-17)33-5)34-13-20(30)28-21-14(2)8-7-9-15(21)3/h7-12,16H,6,13H2,1-5H3,(H,27,31)(H,28,30)(H,29,32)/b26-12-/t16-/m0/s1. The molecule has 0 aromatic heterocycles. The van der Waals surface area contributed by atoms with Gasteiger partial charge in [-0.3, -0.25) is 14.4 Å². The van der Waals surface area contributed by atoms with Crippen LogP contribution in [-0.2, 0) is 14.4 Å². The predicted molar refractivity (Wildman–Crippen MR) is 139 cm³/mol. The van der Waals surface area contributed by atoms with Crippen molar-refractivity contribution in [2.75, 3.05) is 19.0 Å². The van der Waals surface area contributed by atoms with E-state index >= 15 is 0 Å². The van der Waals surface area contributed by atoms with Crippen LogP contribution in [0, 0.1) is 17.4 Å². The summed E-state index contributed by atoms with van der Waals surface area (Å²) in [6.45, 7) is 7.36. The van der Waals surface area contributed by atoms with Crippen LogP contribution in [0.15, 0.2) is 35.4 Å². The van der Waals surface area contributed by atoms with E-state index < -0.39 is 11.8 Å². The highest BCUT2D eigenvalue weighted by Gasteiger charge is 2.16. The van der Waals surface area contributed by atoms with E-state index in [9.17, 15) is 14.4 Å². The number of rotatable bonds is 9. The van der Waals surface area contributed by atoms with Crippen molar-refractivity contribution in [1.82, 2.24) is 10.7 Å². The first-order chi connectivity index (χ1) is 16.2. The SMILES string of the molecule is CC[C@H](C)NC(=O)C(=O)N/N=C\c1cc(I)c(OCC(=O)Nc2c(C)cccc2C)c(OC)c1. The van der Waals surface area contributed by atoms with Gasteiger partial charge < -0.3 is 20.1 Å². The van der Waals surface area contributed by atoms with Crippen molar-refractivity contribution >= 4 is 52.2 Å². The molecule has 0 saturated heterocycles. The zero-order valence-corrected chi connectivity index (χ0v) is 22.0. The van der Waals surface area contributed by atoms with Crippen LogP contribution in [0.25, 0.3) is 0 Å². The van der Waals surface area contributed by atoms with Crippen LogP contribution >= 0.6 is 22.6 Å². The number of amides is 3. The molecular formula is C24H29IN4O5. The highest BCUT2D eigenvalue weighted by Crippen LogP contribution is 2.33. The molecule has 182 valence electrons. The molecule has 10 heteroatoms. The molecule has 2 rings (SSSR count). The molecule has 0 heterocycles. The first-order valence-corrected chi connectivity index (χ1v) is 11.7. The largest absolute Gasteiger partial charge is 0.493 e. The number of nitrogens with one attached hydrogen (secondary N) is 3. The second-order valence-corrected chi connectivity index (χ2v) is 8.78. The summed E-state index contributed by atoms with van der Waals surface area (Å²) < 4.78 is 11.8. The maximum absolute atomic E-state index is 12.4. The van der Waals surface area contributed by atoms with Gasteiger partial charge in [0.2, 0.25) is 0 Å². The summed E-state index contributed by atoms with van der Waals surface area (Å²) in [4.78, 5) is 36.0. The van der Waals surface area contributed by atoms with Crippen LogP contribution in [-0.4, -0.2) is 43.7 Å². The molecule has 34 heavy (non-hydrogen) atoms. The van der Waals surface area contributed by atoms with E-state index in [1.807, 2.05) is 39.0 Å². The zero-order valence-electron chi connectivity index (χ0n) is 19.8. The second kappa shape index (κ2) is 12.9. The fourth-order valence-corrected chi connectivity index (χ4v) is 3.67. The van der Waals surface area contributed by atoms with Crippen LogP contribution in [0.1, 0.15) is 37.0 Å². The molecule has 3 amide bonds. The average molecular weight is 580 g/mol. The first-order valence-electron chi connectivity index (χ1n) is 10.7. The van der Waals surface area contributed by atoms with Gasteiger partial charge >= 0.3 is 11.8 Å². The Bertz CT molecular complexity index is 1070. The Labute approximate surface area is 212 Å². The lowest BCUT2D eigenvalue weighted by Gasteiger charge is -2.15. The minimum Gasteiger partial charge on any atom is -0.493 e. The smallest absolute Gasteiger partial charge is 0.329 e. The molecule has 0 fully saturated rings. The predicted octanol–water partition coefficient (Wildman–Crippen LogP) is 3.30. The molecule has 1 atom stereocenters. The fraction of sp³-hybridized carbons (Fsp3) is 0.333. The van der Waals surface area contributed by atoms with Crippen molar-refractivity contribution < 1.29 is 23.9 Å². The van der Waals surface area contributed by atoms with Crippen LogP contribution in [0.4, 0.5) is 5.69 Å². The van der Waals surface area contributed by atoms with Gasteiger partial charge in [-0.2, -0.15) is 5.10 Å². The monoisotopic (exact) mass is 580 g/mol. The maximum Gasteiger partial charge on any atom is 0.329 e. The maximum atomic E-state index is 12.4. The number of hydrogen-bond donors (Lipinski definition) is 3. The first kappa shape index (κ1) is 27.1. The van der Waals surface area contributed by atoms with Gasteiger partial charge in [-0.1, -0.05) is 25.1 Å². The van der Waals surface area contributed by atoms with Crippen molar-refractivity contribution in [3.05, 3.63) is 50.6 Å². The Morgan fingerprint density at radius 1 is 1.15 bits per heavy atom. The number of nitrogens with zero attached hydrogens (tertiary/aromatic N) is 1. The summed E-state index contributed by atoms with van der Waals surface area (Å²) in [5, 5.41) is 9.27. The Kier molecular flexibility index (Phi) is 10.3. The minimum absolute atomic E-state index is 0.108. The number of ether oxygens (including phenoxy) is 2. The van der Waals surface area contributed by atoms with Crippen molar-refractivity contribution in [3.8, 4) is 11.5 Å². The van der Waals surface area contributed by atoms with Gasteiger partial charge in [0.15, 0.2) is 18.1 Å². The van der Waals surface area contributed by atoms with E-state index in [2.05, 4.69) is 43.8 Å². The molecule has 0 radical (unpaired) electrons. The molecule has 0 aliphatic carbocycles. The van der Waals surface area contributed by atoms with E-state index in [0.29, 0.717) is 27.1 Å². The highest BCUT2D eigenvalue weighted by molar-refractivity contribution is 14.1. The molecule has 0 unspecified atom stereocenters. The topological polar surface area (TPSA) is 118 Å². The summed E-state index contributed by atoms with van der Waals surface area (Å²) >= 11 is 2.06. The van der Waals surface area contributed by atoms with Crippen molar-refractivity contribution in [3.63, 3.8) is 0 Å². The lowest BCUT2D eigenvalue weighted by atomic mass is 10.1. The van der Waals surface area contributed by atoms with Crippen LogP contribution in [0.3, 0.4) is 0 Å². The summed E-state index contributed by atoms with van der Waals surface area (Å²) in [7, 11) is 1.48. The minimum atomic E-state index is -0.854. The Morgan fingerprint density at radius 3 is 2.44 bits per heavy atom. The number of carbonyl (C=O) groups is 3. The molecule has 0 saturated carbocycles. The van der Waals surface area contributed by atoms with E-state index in [1.165, 1.54) is 13.3 Å². The number of halogens is 1. The third-order valence-corrected chi connectivity index (χ3v) is 5.72. The number of hydrogen-bond acceptors (Lipinski definition) is 6. The summed E-state index contributed by atoms with van der Waals surface area (Å²) in [5.41, 5.74) is 5.50. The number of methoxy groups -OCH3 is 1. The molecule has 2 aromatic rings. The van der Waals surface area contributed by atoms with Crippen LogP contribution < -0.4 is 25.5 Å². The van der Waals surface area contributed by atoms with Gasteiger partial charge in [0.25, 0.3) is 5.91 Å². The van der Waals surface area contributed by atoms with Crippen molar-refractivity contribution in [2.24, 2.45) is 5.10 Å². The lowest BCUT2D eigenvalue weighted by Crippen LogP contribution is -2.41. The number of aryl methyl sites for hydroxylation is 2. The van der Waals surface area contributed by atoms with Crippen molar-refractivity contribution in [2.45, 2.75) is 40.2 Å². The van der Waals surface area contributed by atoms with Crippen LogP contribution in [0.2, 0.25) is 0 Å². The average Bonchev–Trinajstić information content (AvgIpc) is 2.80. The molecule has 2 aromatic carbocycles. The Morgan fingerprint density at radius 2 is 1.82 bits per heavy atom. The zero-order chi connectivity index (χ0) is 25.3. The summed E-state index contributed by atoms with van der Waals surface area (Å²) in [6, 6.07) is 9.07. The van der Waals surface area contributed by atoms with Gasteiger partial charge in [-0.25, -0.2) is 5.43 Å². The Hall–Kier alpha value is -3.15. The van der Waals surface area contributed by atoms with Crippen LogP contribution in [0.5, 0.6) is 11.5 Å². The number of carbonyl (C=O) groups excluding carboxylic acids is 3. The molecule has 0 aliphatic heterocycles. The quantitative estimate of drug-likeness (QED) is 0.182. The van der Waals surface area contributed by atoms with E-state index in [-0.39, 0.29) is 18.6 Å². The molecule has 0 aliphatic rings. The van der Waals surface area contributed by atoms with Gasteiger partial charge in [0, 0.05) is 11.7 Å². The van der Waals surface area contributed by atoms with E-state index in [0.717, 1.165) is 16.8 Å². The molecule has 0 spiro atoms. The third kappa shape index (κ3) is 7.72. The fourth-order valence-electron chi connectivity index (χ4n) is 2.89. The number of anilines is 1. The summed E-state index contributed by atoms with van der Waals surface area (Å²) in [6.07, 6.45) is 2.10. The van der Waals surface area contributed by atoms with Gasteiger partial charge in [-0.05, 0) is 78.6 Å².